The van der Waals surface area contributed by atoms with Gasteiger partial charge < -0.3 is 15.1 Å². The Kier molecular flexibility index (Phi) is 6.23. The van der Waals surface area contributed by atoms with Crippen molar-refractivity contribution in [3.05, 3.63) is 12.3 Å². The van der Waals surface area contributed by atoms with Gasteiger partial charge in [-0.05, 0) is 58.8 Å². The van der Waals surface area contributed by atoms with E-state index in [4.69, 9.17) is 4.98 Å². The SMILES string of the molecule is CCC1CCCCN1c1nccc(NCCCN(C)C)n1. The molecule has 0 radical (unpaired) electrons. The third-order valence-electron chi connectivity index (χ3n) is 4.09. The molecule has 0 bridgehead atoms. The van der Waals surface area contributed by atoms with Crippen LogP contribution in [-0.2, 0) is 0 Å². The number of nitrogens with one attached hydrogen (secondary N) is 1. The summed E-state index contributed by atoms with van der Waals surface area (Å²) in [6, 6.07) is 2.56. The normalized spacial score (nSPS) is 19.0. The van der Waals surface area contributed by atoms with E-state index in [-0.39, 0.29) is 0 Å². The highest BCUT2D eigenvalue weighted by atomic mass is 15.3. The first kappa shape index (κ1) is 16.0. The van der Waals surface area contributed by atoms with Crippen molar-refractivity contribution in [1.82, 2.24) is 14.9 Å². The first-order valence-electron chi connectivity index (χ1n) is 8.19. The number of nitrogens with zero attached hydrogens (tertiary/aromatic N) is 4. The van der Waals surface area contributed by atoms with Crippen molar-refractivity contribution in [2.45, 2.75) is 45.1 Å². The Labute approximate surface area is 128 Å². The van der Waals surface area contributed by atoms with E-state index < -0.39 is 0 Å². The van der Waals surface area contributed by atoms with Gasteiger partial charge in [-0.25, -0.2) is 4.98 Å². The minimum Gasteiger partial charge on any atom is -0.370 e. The maximum Gasteiger partial charge on any atom is 0.227 e. The van der Waals surface area contributed by atoms with Crippen molar-refractivity contribution in [1.29, 1.82) is 0 Å². The highest BCUT2D eigenvalue weighted by molar-refractivity contribution is 5.42. The van der Waals surface area contributed by atoms with Gasteiger partial charge in [0, 0.05) is 25.3 Å². The fourth-order valence-electron chi connectivity index (χ4n) is 2.89. The van der Waals surface area contributed by atoms with Crippen LogP contribution >= 0.6 is 0 Å². The molecule has 5 nitrogen and oxygen atoms in total. The van der Waals surface area contributed by atoms with E-state index in [0.29, 0.717) is 6.04 Å². The minimum absolute atomic E-state index is 0.600. The highest BCUT2D eigenvalue weighted by Gasteiger charge is 2.23. The summed E-state index contributed by atoms with van der Waals surface area (Å²) in [5.74, 6) is 1.83. The molecule has 21 heavy (non-hydrogen) atoms. The molecular formula is C16H29N5. The van der Waals surface area contributed by atoms with Crippen molar-refractivity contribution in [3.8, 4) is 0 Å². The number of piperidine rings is 1. The predicted octanol–water partition coefficient (Wildman–Crippen LogP) is 2.61. The second kappa shape index (κ2) is 8.17. The summed E-state index contributed by atoms with van der Waals surface area (Å²) in [5, 5.41) is 3.41. The lowest BCUT2D eigenvalue weighted by Gasteiger charge is -2.35. The van der Waals surface area contributed by atoms with Gasteiger partial charge in [0.1, 0.15) is 5.82 Å². The summed E-state index contributed by atoms with van der Waals surface area (Å²) in [7, 11) is 4.20. The number of hydrogen-bond acceptors (Lipinski definition) is 5. The van der Waals surface area contributed by atoms with Crippen LogP contribution in [0.15, 0.2) is 12.3 Å². The van der Waals surface area contributed by atoms with E-state index >= 15 is 0 Å². The Bertz CT molecular complexity index is 421. The Balaban J connectivity index is 1.93. The maximum atomic E-state index is 4.70. The quantitative estimate of drug-likeness (QED) is 0.782. The van der Waals surface area contributed by atoms with Crippen molar-refractivity contribution in [3.63, 3.8) is 0 Å². The molecule has 2 rings (SSSR count). The van der Waals surface area contributed by atoms with Crippen LogP contribution in [0.2, 0.25) is 0 Å². The third kappa shape index (κ3) is 4.84. The summed E-state index contributed by atoms with van der Waals surface area (Å²) < 4.78 is 0. The first-order valence-corrected chi connectivity index (χ1v) is 8.19. The molecule has 1 aliphatic rings. The Morgan fingerprint density at radius 1 is 1.38 bits per heavy atom. The lowest BCUT2D eigenvalue weighted by molar-refractivity contribution is 0.405. The van der Waals surface area contributed by atoms with Crippen LogP contribution in [0.25, 0.3) is 0 Å². The molecule has 1 saturated heterocycles. The fraction of sp³-hybridized carbons (Fsp3) is 0.750. The number of hydrogen-bond donors (Lipinski definition) is 1. The lowest BCUT2D eigenvalue weighted by Crippen LogP contribution is -2.40. The van der Waals surface area contributed by atoms with E-state index in [1.165, 1.54) is 25.7 Å². The van der Waals surface area contributed by atoms with Gasteiger partial charge in [0.25, 0.3) is 0 Å². The van der Waals surface area contributed by atoms with Gasteiger partial charge in [-0.2, -0.15) is 4.98 Å². The molecule has 118 valence electrons. The summed E-state index contributed by atoms with van der Waals surface area (Å²) in [5.41, 5.74) is 0. The smallest absolute Gasteiger partial charge is 0.227 e. The molecule has 0 aromatic carbocycles. The summed E-state index contributed by atoms with van der Waals surface area (Å²) >= 11 is 0. The van der Waals surface area contributed by atoms with Crippen LogP contribution in [0.3, 0.4) is 0 Å². The molecule has 2 heterocycles. The molecular weight excluding hydrogens is 262 g/mol. The predicted molar refractivity (Wildman–Crippen MR) is 89.0 cm³/mol. The molecule has 1 unspecified atom stereocenters. The van der Waals surface area contributed by atoms with Crippen molar-refractivity contribution in [2.75, 3.05) is 43.9 Å². The molecule has 5 heteroatoms. The van der Waals surface area contributed by atoms with Gasteiger partial charge >= 0.3 is 0 Å². The first-order chi connectivity index (χ1) is 10.2. The average Bonchev–Trinajstić information content (AvgIpc) is 2.51. The van der Waals surface area contributed by atoms with Crippen LogP contribution in [0.5, 0.6) is 0 Å². The van der Waals surface area contributed by atoms with Crippen LogP contribution < -0.4 is 10.2 Å². The third-order valence-corrected chi connectivity index (χ3v) is 4.09. The molecule has 0 saturated carbocycles. The number of rotatable bonds is 7. The van der Waals surface area contributed by atoms with Crippen LogP contribution in [-0.4, -0.2) is 54.6 Å². The second-order valence-electron chi connectivity index (χ2n) is 6.08. The zero-order valence-corrected chi connectivity index (χ0v) is 13.7. The topological polar surface area (TPSA) is 44.3 Å². The van der Waals surface area contributed by atoms with Crippen LogP contribution in [0, 0.1) is 0 Å². The molecule has 1 aromatic heterocycles. The van der Waals surface area contributed by atoms with Gasteiger partial charge in [0.15, 0.2) is 0 Å². The Hall–Kier alpha value is -1.36. The van der Waals surface area contributed by atoms with Crippen molar-refractivity contribution >= 4 is 11.8 Å². The lowest BCUT2D eigenvalue weighted by atomic mass is 10.0. The Morgan fingerprint density at radius 2 is 2.24 bits per heavy atom. The zero-order valence-electron chi connectivity index (χ0n) is 13.7. The molecule has 1 atom stereocenters. The maximum absolute atomic E-state index is 4.70. The molecule has 1 aliphatic heterocycles. The van der Waals surface area contributed by atoms with Gasteiger partial charge in [-0.15, -0.1) is 0 Å². The van der Waals surface area contributed by atoms with Gasteiger partial charge in [0.2, 0.25) is 5.95 Å². The van der Waals surface area contributed by atoms with Crippen LogP contribution in [0.1, 0.15) is 39.0 Å². The van der Waals surface area contributed by atoms with Gasteiger partial charge in [0.05, 0.1) is 0 Å². The Morgan fingerprint density at radius 3 is 3.00 bits per heavy atom. The van der Waals surface area contributed by atoms with E-state index in [1.807, 2.05) is 12.3 Å². The van der Waals surface area contributed by atoms with E-state index in [0.717, 1.165) is 37.8 Å². The molecule has 1 N–H and O–H groups in total. The van der Waals surface area contributed by atoms with E-state index in [1.54, 1.807) is 0 Å². The number of aromatic nitrogens is 2. The molecule has 0 amide bonds. The highest BCUT2D eigenvalue weighted by Crippen LogP contribution is 2.24. The molecule has 0 aliphatic carbocycles. The average molecular weight is 291 g/mol. The zero-order chi connectivity index (χ0) is 15.1. The van der Waals surface area contributed by atoms with Gasteiger partial charge in [-0.1, -0.05) is 6.92 Å². The fourth-order valence-corrected chi connectivity index (χ4v) is 2.89. The van der Waals surface area contributed by atoms with Gasteiger partial charge in [-0.3, -0.25) is 0 Å². The molecule has 0 spiro atoms. The monoisotopic (exact) mass is 291 g/mol. The standard InChI is InChI=1S/C16H29N5/c1-4-14-8-5-6-13-21(14)16-18-11-9-15(19-16)17-10-7-12-20(2)3/h9,11,14H,4-8,10,12-13H2,1-3H3,(H,17,18,19). The largest absolute Gasteiger partial charge is 0.370 e. The van der Waals surface area contributed by atoms with E-state index in [9.17, 15) is 0 Å². The summed E-state index contributed by atoms with van der Waals surface area (Å²) in [6.45, 7) is 5.38. The van der Waals surface area contributed by atoms with Crippen molar-refractivity contribution < 1.29 is 0 Å². The summed E-state index contributed by atoms with van der Waals surface area (Å²) in [4.78, 5) is 13.8. The van der Waals surface area contributed by atoms with Crippen LogP contribution in [0.4, 0.5) is 11.8 Å². The second-order valence-corrected chi connectivity index (χ2v) is 6.08. The molecule has 1 fully saturated rings. The summed E-state index contributed by atoms with van der Waals surface area (Å²) in [6.07, 6.45) is 8.01. The minimum atomic E-state index is 0.600. The number of anilines is 2. The van der Waals surface area contributed by atoms with Crippen molar-refractivity contribution in [2.24, 2.45) is 0 Å². The van der Waals surface area contributed by atoms with E-state index in [2.05, 4.69) is 41.1 Å². The molecule has 1 aromatic rings.